The zero-order valence-electron chi connectivity index (χ0n) is 7.45. The maximum atomic E-state index is 2.24. The average molecular weight is 333 g/mol. The molecule has 0 nitrogen and oxygen atoms in total. The predicted molar refractivity (Wildman–Crippen MR) is 48.5 cm³/mol. The van der Waals surface area contributed by atoms with Crippen molar-refractivity contribution in [3.63, 3.8) is 0 Å². The van der Waals surface area contributed by atoms with Crippen LogP contribution in [-0.2, 0) is 18.6 Å². The molecule has 0 spiro atoms. The van der Waals surface area contributed by atoms with E-state index in [1.807, 2.05) is 0 Å². The molecule has 0 aliphatic heterocycles. The second-order valence-electron chi connectivity index (χ2n) is 2.46. The van der Waals surface area contributed by atoms with Gasteiger partial charge in [-0.25, -0.2) is 0 Å². The summed E-state index contributed by atoms with van der Waals surface area (Å²) in [6, 6.07) is 0. The first kappa shape index (κ1) is 11.2. The van der Waals surface area contributed by atoms with Gasteiger partial charge < -0.3 is 0 Å². The van der Waals surface area contributed by atoms with Crippen molar-refractivity contribution >= 4 is 0 Å². The second kappa shape index (κ2) is 10.2. The van der Waals surface area contributed by atoms with Crippen molar-refractivity contribution in [2.45, 2.75) is 36.3 Å². The van der Waals surface area contributed by atoms with E-state index in [0.717, 1.165) is 0 Å². The predicted octanol–water partition coefficient (Wildman–Crippen LogP) is 3.84. The van der Waals surface area contributed by atoms with Gasteiger partial charge in [0.15, 0.2) is 0 Å². The van der Waals surface area contributed by atoms with E-state index >= 15 is 0 Å². The summed E-state index contributed by atoms with van der Waals surface area (Å²) in [6.07, 6.45) is 14.0. The first-order chi connectivity index (χ1) is 5.41. The van der Waals surface area contributed by atoms with Crippen molar-refractivity contribution < 1.29 is 18.6 Å². The van der Waals surface area contributed by atoms with Gasteiger partial charge in [-0.05, 0) is 25.7 Å². The third kappa shape index (κ3) is 10.2. The second-order valence-corrected chi connectivity index (χ2v) is 4.73. The Bertz CT molecular complexity index is 100. The maximum absolute atomic E-state index is 2.24. The minimum atomic E-state index is 0.583. The summed E-state index contributed by atoms with van der Waals surface area (Å²) in [5, 5.41) is 4.47. The standard InChI is InChI=1S/C8H12.2CH3.Pt/c1-2-4-6-8-7-5-3-1;;;/h1-4H,5-8H2;2*1H3;/b3-1-,4-2-;;;. The fraction of sp³-hybridized carbons (Fsp3) is 0.600. The van der Waals surface area contributed by atoms with Crippen LogP contribution in [0, 0.1) is 0 Å². The van der Waals surface area contributed by atoms with Gasteiger partial charge >= 0.3 is 29.2 Å². The Hall–Kier alpha value is 0.168. The molecule has 0 radical (unpaired) electrons. The Morgan fingerprint density at radius 3 is 1.64 bits per heavy atom. The molecule has 0 N–H and O–H groups in total. The molecule has 11 heavy (non-hydrogen) atoms. The molecular weight excluding hydrogens is 315 g/mol. The van der Waals surface area contributed by atoms with E-state index in [9.17, 15) is 0 Å². The number of hydrogen-bond donors (Lipinski definition) is 0. The molecule has 0 aromatic rings. The summed E-state index contributed by atoms with van der Waals surface area (Å²) in [4.78, 5) is 0. The van der Waals surface area contributed by atoms with Crippen LogP contribution < -0.4 is 0 Å². The van der Waals surface area contributed by atoms with Crippen LogP contribution in [0.2, 0.25) is 10.6 Å². The van der Waals surface area contributed by atoms with Crippen LogP contribution >= 0.6 is 0 Å². The molecule has 1 aliphatic carbocycles. The van der Waals surface area contributed by atoms with E-state index in [0.29, 0.717) is 18.6 Å². The van der Waals surface area contributed by atoms with Crippen molar-refractivity contribution in [2.75, 3.05) is 0 Å². The fourth-order valence-electron chi connectivity index (χ4n) is 0.874. The molecule has 68 valence electrons. The third-order valence-corrected chi connectivity index (χ3v) is 1.37. The van der Waals surface area contributed by atoms with E-state index in [2.05, 4.69) is 34.9 Å². The Morgan fingerprint density at radius 1 is 0.909 bits per heavy atom. The molecule has 0 saturated heterocycles. The molecule has 0 unspecified atom stereocenters. The molecule has 0 atom stereocenters. The topological polar surface area (TPSA) is 0 Å². The quantitative estimate of drug-likeness (QED) is 0.632. The van der Waals surface area contributed by atoms with Gasteiger partial charge in [0, 0.05) is 0 Å². The van der Waals surface area contributed by atoms with Crippen molar-refractivity contribution in [3.8, 4) is 0 Å². The average Bonchev–Trinajstić information content (AvgIpc) is 1.86. The van der Waals surface area contributed by atoms with Crippen LogP contribution in [0.4, 0.5) is 0 Å². The summed E-state index contributed by atoms with van der Waals surface area (Å²) in [5.41, 5.74) is 0. The van der Waals surface area contributed by atoms with E-state index in [1.54, 1.807) is 0 Å². The van der Waals surface area contributed by atoms with Crippen LogP contribution in [0.15, 0.2) is 24.3 Å². The minimum absolute atomic E-state index is 0.583. The summed E-state index contributed by atoms with van der Waals surface area (Å²) in [7, 11) is 0. The van der Waals surface area contributed by atoms with Gasteiger partial charge in [-0.15, -0.1) is 0 Å². The van der Waals surface area contributed by atoms with Crippen LogP contribution in [0.3, 0.4) is 0 Å². The van der Waals surface area contributed by atoms with Crippen LogP contribution in [-0.4, -0.2) is 0 Å². The molecule has 1 heteroatoms. The molecule has 0 amide bonds. The zero-order valence-corrected chi connectivity index (χ0v) is 9.73. The summed E-state index contributed by atoms with van der Waals surface area (Å²) >= 11 is 0.583. The molecule has 0 bridgehead atoms. The van der Waals surface area contributed by atoms with Crippen molar-refractivity contribution in [1.82, 2.24) is 0 Å². The fourth-order valence-corrected chi connectivity index (χ4v) is 0.874. The Kier molecular flexibility index (Phi) is 10.3. The summed E-state index contributed by atoms with van der Waals surface area (Å²) in [6.45, 7) is 0. The van der Waals surface area contributed by atoms with Gasteiger partial charge in [-0.2, -0.15) is 0 Å². The molecule has 0 fully saturated rings. The van der Waals surface area contributed by atoms with Gasteiger partial charge in [0.1, 0.15) is 0 Å². The SMILES string of the molecule is C1=C\CCCC\C=C/1.[CH3][Pt][CH3]. The number of hydrogen-bond acceptors (Lipinski definition) is 0. The molecular formula is C10H18Pt. The first-order valence-corrected chi connectivity index (χ1v) is 8.49. The Balaban J connectivity index is 0.000000292. The number of allylic oxidation sites excluding steroid dienone is 4. The van der Waals surface area contributed by atoms with Crippen molar-refractivity contribution in [2.24, 2.45) is 0 Å². The Morgan fingerprint density at radius 2 is 1.27 bits per heavy atom. The van der Waals surface area contributed by atoms with Gasteiger partial charge in [-0.3, -0.25) is 0 Å². The zero-order chi connectivity index (χ0) is 8.36. The van der Waals surface area contributed by atoms with Gasteiger partial charge in [0.2, 0.25) is 0 Å². The van der Waals surface area contributed by atoms with Crippen molar-refractivity contribution in [1.29, 1.82) is 0 Å². The normalized spacial score (nSPS) is 22.4. The molecule has 0 saturated carbocycles. The molecule has 0 aromatic heterocycles. The van der Waals surface area contributed by atoms with E-state index in [1.165, 1.54) is 25.7 Å². The van der Waals surface area contributed by atoms with E-state index < -0.39 is 0 Å². The van der Waals surface area contributed by atoms with Gasteiger partial charge in [0.25, 0.3) is 0 Å². The first-order valence-electron chi connectivity index (χ1n) is 3.95. The molecule has 1 aliphatic rings. The van der Waals surface area contributed by atoms with Crippen LogP contribution in [0.1, 0.15) is 25.7 Å². The van der Waals surface area contributed by atoms with Gasteiger partial charge in [0.05, 0.1) is 0 Å². The van der Waals surface area contributed by atoms with Crippen LogP contribution in [0.5, 0.6) is 0 Å². The molecule has 0 aromatic carbocycles. The Labute approximate surface area is 79.3 Å². The monoisotopic (exact) mass is 333 g/mol. The van der Waals surface area contributed by atoms with Crippen LogP contribution in [0.25, 0.3) is 0 Å². The van der Waals surface area contributed by atoms with E-state index in [4.69, 9.17) is 0 Å². The summed E-state index contributed by atoms with van der Waals surface area (Å²) in [5.74, 6) is 0. The van der Waals surface area contributed by atoms with Gasteiger partial charge in [-0.1, -0.05) is 24.3 Å². The molecule has 0 heterocycles. The van der Waals surface area contributed by atoms with Crippen molar-refractivity contribution in [3.05, 3.63) is 24.3 Å². The summed E-state index contributed by atoms with van der Waals surface area (Å²) < 4.78 is 0. The number of rotatable bonds is 0. The third-order valence-electron chi connectivity index (χ3n) is 1.37. The van der Waals surface area contributed by atoms with E-state index in [-0.39, 0.29) is 0 Å². The molecule has 1 rings (SSSR count).